The molecular weight excluding hydrogens is 405 g/mol. The number of hydrogen-bond acceptors (Lipinski definition) is 6. The number of rotatable bonds is 2. The summed E-state index contributed by atoms with van der Waals surface area (Å²) >= 11 is 7.24. The fourth-order valence-electron chi connectivity index (χ4n) is 3.35. The van der Waals surface area contributed by atoms with Gasteiger partial charge in [-0.2, -0.15) is 0 Å². The minimum absolute atomic E-state index is 0.0309. The van der Waals surface area contributed by atoms with E-state index >= 15 is 0 Å². The minimum Gasteiger partial charge on any atom is -0.465 e. The van der Waals surface area contributed by atoms with Crippen molar-refractivity contribution in [1.82, 2.24) is 0 Å². The highest BCUT2D eigenvalue weighted by Gasteiger charge is 2.40. The fourth-order valence-corrected chi connectivity index (χ4v) is 4.56. The van der Waals surface area contributed by atoms with Crippen LogP contribution in [-0.2, 0) is 9.53 Å². The second-order valence-corrected chi connectivity index (χ2v) is 7.49. The summed E-state index contributed by atoms with van der Waals surface area (Å²) in [5.41, 5.74) is 5.94. The number of ether oxygens (including phenoxy) is 2. The van der Waals surface area contributed by atoms with Crippen molar-refractivity contribution in [1.29, 1.82) is 0 Å². The molecule has 0 amide bonds. The van der Waals surface area contributed by atoms with Crippen LogP contribution in [0.3, 0.4) is 0 Å². The topological polar surface area (TPSA) is 78.6 Å². The van der Waals surface area contributed by atoms with Gasteiger partial charge in [-0.25, -0.2) is 9.18 Å². The lowest BCUT2D eigenvalue weighted by Gasteiger charge is -2.28. The van der Waals surface area contributed by atoms with Crippen molar-refractivity contribution in [2.45, 2.75) is 5.92 Å². The number of methoxy groups -OCH3 is 1. The molecule has 4 rings (SSSR count). The summed E-state index contributed by atoms with van der Waals surface area (Å²) in [6.07, 6.45) is 0. The maximum Gasteiger partial charge on any atom is 0.340 e. The van der Waals surface area contributed by atoms with Crippen molar-refractivity contribution in [2.24, 2.45) is 5.73 Å². The molecule has 0 spiro atoms. The van der Waals surface area contributed by atoms with Crippen molar-refractivity contribution >= 4 is 39.0 Å². The SMILES string of the molecule is COC(=O)C1=C(N)Oc2c(c(=O)sc3ccccc23)C1c1c(F)cccc1Cl. The Morgan fingerprint density at radius 1 is 1.21 bits per heavy atom. The molecule has 142 valence electrons. The van der Waals surface area contributed by atoms with Crippen molar-refractivity contribution in [3.05, 3.63) is 85.4 Å². The molecule has 3 aromatic rings. The first kappa shape index (κ1) is 18.5. The van der Waals surface area contributed by atoms with Gasteiger partial charge in [0.05, 0.1) is 18.6 Å². The zero-order valence-corrected chi connectivity index (χ0v) is 16.1. The Balaban J connectivity index is 2.14. The van der Waals surface area contributed by atoms with Gasteiger partial charge in [-0.15, -0.1) is 0 Å². The number of nitrogens with two attached hydrogens (primary N) is 1. The second-order valence-electron chi connectivity index (χ2n) is 6.07. The van der Waals surface area contributed by atoms with Crippen LogP contribution in [0.5, 0.6) is 5.75 Å². The summed E-state index contributed by atoms with van der Waals surface area (Å²) in [5.74, 6) is -2.72. The van der Waals surface area contributed by atoms with Gasteiger partial charge in [-0.3, -0.25) is 4.79 Å². The molecule has 0 radical (unpaired) electrons. The molecule has 1 unspecified atom stereocenters. The maximum atomic E-state index is 14.8. The van der Waals surface area contributed by atoms with E-state index in [4.69, 9.17) is 26.8 Å². The van der Waals surface area contributed by atoms with E-state index in [1.54, 1.807) is 24.3 Å². The van der Waals surface area contributed by atoms with Crippen LogP contribution in [-0.4, -0.2) is 13.1 Å². The quantitative estimate of drug-likeness (QED) is 0.639. The smallest absolute Gasteiger partial charge is 0.340 e. The van der Waals surface area contributed by atoms with Gasteiger partial charge >= 0.3 is 5.97 Å². The Morgan fingerprint density at radius 3 is 2.68 bits per heavy atom. The molecule has 28 heavy (non-hydrogen) atoms. The summed E-state index contributed by atoms with van der Waals surface area (Å²) in [6.45, 7) is 0. The van der Waals surface area contributed by atoms with Gasteiger partial charge in [0, 0.05) is 20.7 Å². The molecule has 2 N–H and O–H groups in total. The lowest BCUT2D eigenvalue weighted by Crippen LogP contribution is -2.30. The molecule has 1 atom stereocenters. The Morgan fingerprint density at radius 2 is 1.96 bits per heavy atom. The van der Waals surface area contributed by atoms with E-state index in [9.17, 15) is 14.0 Å². The zero-order chi connectivity index (χ0) is 20.0. The van der Waals surface area contributed by atoms with Crippen LogP contribution in [0.2, 0.25) is 5.02 Å². The highest BCUT2D eigenvalue weighted by Crippen LogP contribution is 2.47. The number of esters is 1. The third-order valence-corrected chi connectivity index (χ3v) is 5.86. The van der Waals surface area contributed by atoms with Crippen LogP contribution >= 0.6 is 22.9 Å². The van der Waals surface area contributed by atoms with Gasteiger partial charge in [0.1, 0.15) is 17.1 Å². The van der Waals surface area contributed by atoms with Crippen LogP contribution in [0.4, 0.5) is 4.39 Å². The molecule has 1 aliphatic rings. The van der Waals surface area contributed by atoms with Gasteiger partial charge in [-0.1, -0.05) is 41.1 Å². The van der Waals surface area contributed by atoms with Gasteiger partial charge in [0.15, 0.2) is 0 Å². The zero-order valence-electron chi connectivity index (χ0n) is 14.5. The Bertz CT molecular complexity index is 1200. The maximum absolute atomic E-state index is 14.8. The molecule has 1 aromatic heterocycles. The number of hydrogen-bond donors (Lipinski definition) is 1. The van der Waals surface area contributed by atoms with Crippen LogP contribution in [0.15, 0.2) is 58.7 Å². The van der Waals surface area contributed by atoms with Gasteiger partial charge in [-0.05, 0) is 24.3 Å². The average Bonchev–Trinajstić information content (AvgIpc) is 2.67. The summed E-state index contributed by atoms with van der Waals surface area (Å²) in [4.78, 5) is 25.5. The molecule has 0 aliphatic carbocycles. The van der Waals surface area contributed by atoms with E-state index in [1.165, 1.54) is 25.3 Å². The fraction of sp³-hybridized carbons (Fsp3) is 0.100. The van der Waals surface area contributed by atoms with Crippen LogP contribution in [0.25, 0.3) is 10.1 Å². The predicted molar refractivity (Wildman–Crippen MR) is 105 cm³/mol. The van der Waals surface area contributed by atoms with Gasteiger partial charge < -0.3 is 15.2 Å². The van der Waals surface area contributed by atoms with Crippen LogP contribution in [0.1, 0.15) is 17.0 Å². The Labute approximate surface area is 167 Å². The first-order valence-corrected chi connectivity index (χ1v) is 9.39. The van der Waals surface area contributed by atoms with Gasteiger partial charge in [0.25, 0.3) is 0 Å². The lowest BCUT2D eigenvalue weighted by molar-refractivity contribution is -0.136. The highest BCUT2D eigenvalue weighted by molar-refractivity contribution is 7.16. The van der Waals surface area contributed by atoms with E-state index in [1.807, 2.05) is 0 Å². The van der Waals surface area contributed by atoms with Crippen molar-refractivity contribution in [3.63, 3.8) is 0 Å². The molecule has 5 nitrogen and oxygen atoms in total. The molecule has 0 fully saturated rings. The molecule has 1 aliphatic heterocycles. The molecule has 8 heteroatoms. The number of carbonyl (C=O) groups is 1. The van der Waals surface area contributed by atoms with Gasteiger partial charge in [0.2, 0.25) is 10.6 Å². The first-order valence-electron chi connectivity index (χ1n) is 8.19. The van der Waals surface area contributed by atoms with E-state index in [-0.39, 0.29) is 38.1 Å². The average molecular weight is 418 g/mol. The molecular formula is C20H13ClFNO4S. The number of fused-ring (bicyclic) bond motifs is 3. The second kappa shape index (κ2) is 6.92. The minimum atomic E-state index is -1.15. The van der Waals surface area contributed by atoms with E-state index in [0.717, 1.165) is 11.3 Å². The van der Waals surface area contributed by atoms with E-state index in [2.05, 4.69) is 0 Å². The standard InChI is InChI=1S/C20H13ClFNO4S/c1-26-19(24)16-14(13-10(21)6-4-7-11(13)22)15-17(27-18(16)23)9-5-2-3-8-12(9)28-20(15)25/h2-8,14H,23H2,1H3. The molecule has 0 saturated carbocycles. The number of halogens is 2. The monoisotopic (exact) mass is 417 g/mol. The molecule has 2 heterocycles. The first-order chi connectivity index (χ1) is 13.4. The summed E-state index contributed by atoms with van der Waals surface area (Å²) in [5, 5.41) is 0.691. The van der Waals surface area contributed by atoms with E-state index < -0.39 is 17.7 Å². The molecule has 2 aromatic carbocycles. The Kier molecular flexibility index (Phi) is 4.56. The van der Waals surface area contributed by atoms with Crippen LogP contribution < -0.4 is 15.2 Å². The highest BCUT2D eigenvalue weighted by atomic mass is 35.5. The summed E-state index contributed by atoms with van der Waals surface area (Å²) < 4.78 is 25.6. The predicted octanol–water partition coefficient (Wildman–Crippen LogP) is 3.92. The Hall–Kier alpha value is -2.90. The van der Waals surface area contributed by atoms with E-state index in [0.29, 0.717) is 10.1 Å². The van der Waals surface area contributed by atoms with Crippen molar-refractivity contribution in [3.8, 4) is 5.75 Å². The third kappa shape index (κ3) is 2.75. The lowest BCUT2D eigenvalue weighted by atomic mass is 9.83. The molecule has 0 bridgehead atoms. The third-order valence-electron chi connectivity index (χ3n) is 4.55. The molecule has 0 saturated heterocycles. The van der Waals surface area contributed by atoms with Crippen molar-refractivity contribution in [2.75, 3.05) is 7.11 Å². The van der Waals surface area contributed by atoms with Crippen LogP contribution in [0, 0.1) is 5.82 Å². The largest absolute Gasteiger partial charge is 0.465 e. The number of benzene rings is 2. The number of carbonyl (C=O) groups excluding carboxylic acids is 1. The van der Waals surface area contributed by atoms with Crippen molar-refractivity contribution < 1.29 is 18.7 Å². The normalized spacial score (nSPS) is 15.9. The summed E-state index contributed by atoms with van der Waals surface area (Å²) in [6, 6.07) is 11.2. The summed E-state index contributed by atoms with van der Waals surface area (Å²) in [7, 11) is 1.17.